The standard InChI is InChI=1S/C26H27N3O4S/c1-16-9-11-18(12-10-16)15-34-25-27-13-19-20-21(26(2,29(19)25)24(32)33-3)23(31)28(22(20)30)14-17-7-5-4-6-8-17/h4-12,19-21H,13-15H2,1-3H3/t19-,20+,21-,26-/m1/s1. The first kappa shape index (κ1) is 22.7. The van der Waals surface area contributed by atoms with E-state index in [0.29, 0.717) is 17.5 Å². The maximum atomic E-state index is 13.6. The van der Waals surface area contributed by atoms with Gasteiger partial charge in [0.2, 0.25) is 11.8 Å². The second-order valence-corrected chi connectivity index (χ2v) is 10.2. The van der Waals surface area contributed by atoms with Gasteiger partial charge >= 0.3 is 5.97 Å². The molecule has 0 N–H and O–H groups in total. The quantitative estimate of drug-likeness (QED) is 0.487. The lowest BCUT2D eigenvalue weighted by molar-refractivity contribution is -0.157. The minimum absolute atomic E-state index is 0.200. The summed E-state index contributed by atoms with van der Waals surface area (Å²) in [5, 5.41) is 0.683. The van der Waals surface area contributed by atoms with Crippen molar-refractivity contribution in [3.05, 3.63) is 71.3 Å². The second-order valence-electron chi connectivity index (χ2n) is 9.23. The molecule has 2 fully saturated rings. The Bertz CT molecular complexity index is 1170. The van der Waals surface area contributed by atoms with E-state index in [-0.39, 0.29) is 24.4 Å². The molecule has 5 rings (SSSR count). The highest BCUT2D eigenvalue weighted by Crippen LogP contribution is 2.52. The third-order valence-electron chi connectivity index (χ3n) is 7.18. The molecule has 2 saturated heterocycles. The zero-order valence-electron chi connectivity index (χ0n) is 19.4. The van der Waals surface area contributed by atoms with E-state index in [1.807, 2.05) is 42.2 Å². The van der Waals surface area contributed by atoms with Crippen molar-refractivity contribution in [2.75, 3.05) is 13.7 Å². The summed E-state index contributed by atoms with van der Waals surface area (Å²) < 4.78 is 5.19. The van der Waals surface area contributed by atoms with E-state index >= 15 is 0 Å². The second kappa shape index (κ2) is 8.58. The van der Waals surface area contributed by atoms with Gasteiger partial charge in [0.15, 0.2) is 5.17 Å². The Balaban J connectivity index is 1.43. The van der Waals surface area contributed by atoms with Gasteiger partial charge in [-0.2, -0.15) is 0 Å². The van der Waals surface area contributed by atoms with Crippen molar-refractivity contribution in [3.8, 4) is 0 Å². The number of carbonyl (C=O) groups is 3. The Morgan fingerprint density at radius 2 is 1.79 bits per heavy atom. The SMILES string of the molecule is COC(=O)[C@@]1(C)[C@H]2C(=O)N(Cc3ccccc3)C(=O)[C@H]2[C@H]2CN=C(SCc3ccc(C)cc3)N21. The Kier molecular flexibility index (Phi) is 5.72. The smallest absolute Gasteiger partial charge is 0.332 e. The summed E-state index contributed by atoms with van der Waals surface area (Å²) in [6, 6.07) is 17.4. The van der Waals surface area contributed by atoms with Crippen molar-refractivity contribution in [1.29, 1.82) is 0 Å². The van der Waals surface area contributed by atoms with Crippen molar-refractivity contribution >= 4 is 34.7 Å². The Morgan fingerprint density at radius 1 is 1.09 bits per heavy atom. The number of amides is 2. The largest absolute Gasteiger partial charge is 0.467 e. The summed E-state index contributed by atoms with van der Waals surface area (Å²) >= 11 is 1.53. The van der Waals surface area contributed by atoms with E-state index in [0.717, 1.165) is 11.1 Å². The molecule has 34 heavy (non-hydrogen) atoms. The number of benzene rings is 2. The van der Waals surface area contributed by atoms with Gasteiger partial charge in [0.1, 0.15) is 5.54 Å². The number of nitrogens with zero attached hydrogens (tertiary/aromatic N) is 3. The third-order valence-corrected chi connectivity index (χ3v) is 8.25. The van der Waals surface area contributed by atoms with E-state index < -0.39 is 23.3 Å². The van der Waals surface area contributed by atoms with Crippen LogP contribution in [0.3, 0.4) is 0 Å². The normalized spacial score (nSPS) is 27.6. The molecule has 0 saturated carbocycles. The highest BCUT2D eigenvalue weighted by atomic mass is 32.2. The molecule has 0 radical (unpaired) electrons. The number of hydrogen-bond acceptors (Lipinski definition) is 7. The number of methoxy groups -OCH3 is 1. The van der Waals surface area contributed by atoms with E-state index in [1.165, 1.54) is 29.3 Å². The van der Waals surface area contributed by atoms with Gasteiger partial charge in [-0.15, -0.1) is 0 Å². The molecular weight excluding hydrogens is 450 g/mol. The van der Waals surface area contributed by atoms with Gasteiger partial charge < -0.3 is 9.64 Å². The molecule has 3 aliphatic heterocycles. The minimum atomic E-state index is -1.29. The lowest BCUT2D eigenvalue weighted by Crippen LogP contribution is -2.57. The van der Waals surface area contributed by atoms with Crippen LogP contribution in [-0.4, -0.2) is 58.0 Å². The molecule has 0 spiro atoms. The maximum absolute atomic E-state index is 13.6. The topological polar surface area (TPSA) is 79.3 Å². The zero-order valence-corrected chi connectivity index (χ0v) is 20.2. The average molecular weight is 478 g/mol. The van der Waals surface area contributed by atoms with Crippen LogP contribution in [0.2, 0.25) is 0 Å². The Morgan fingerprint density at radius 3 is 2.47 bits per heavy atom. The van der Waals surface area contributed by atoms with Crippen LogP contribution < -0.4 is 0 Å². The fourth-order valence-electron chi connectivity index (χ4n) is 5.47. The van der Waals surface area contributed by atoms with Crippen molar-refractivity contribution in [2.24, 2.45) is 16.8 Å². The van der Waals surface area contributed by atoms with E-state index in [9.17, 15) is 14.4 Å². The summed E-state index contributed by atoms with van der Waals surface area (Å²) in [6.45, 7) is 4.34. The van der Waals surface area contributed by atoms with Gasteiger partial charge in [0.05, 0.1) is 38.1 Å². The molecule has 4 atom stereocenters. The number of aliphatic imine (C=N–C) groups is 1. The van der Waals surface area contributed by atoms with Crippen LogP contribution in [0.1, 0.15) is 23.6 Å². The predicted molar refractivity (Wildman–Crippen MR) is 130 cm³/mol. The number of thioether (sulfide) groups is 1. The zero-order chi connectivity index (χ0) is 24.0. The van der Waals surface area contributed by atoms with Crippen molar-refractivity contribution < 1.29 is 19.1 Å². The molecule has 0 bridgehead atoms. The Labute approximate surface area is 203 Å². The number of imide groups is 1. The summed E-state index contributed by atoms with van der Waals surface area (Å²) in [6.07, 6.45) is 0. The lowest BCUT2D eigenvalue weighted by Gasteiger charge is -2.37. The highest BCUT2D eigenvalue weighted by Gasteiger charge is 2.72. The number of rotatable bonds is 5. The molecular formula is C26H27N3O4S. The monoisotopic (exact) mass is 477 g/mol. The molecule has 2 amide bonds. The van der Waals surface area contributed by atoms with Gasteiger partial charge in [-0.05, 0) is 25.0 Å². The fourth-order valence-corrected chi connectivity index (χ4v) is 6.59. The average Bonchev–Trinajstić information content (AvgIpc) is 3.46. The van der Waals surface area contributed by atoms with Crippen LogP contribution in [0.15, 0.2) is 59.6 Å². The molecule has 2 aromatic rings. The number of carbonyl (C=O) groups excluding carboxylic acids is 3. The molecule has 7 nitrogen and oxygen atoms in total. The van der Waals surface area contributed by atoms with Crippen LogP contribution in [0.25, 0.3) is 0 Å². The molecule has 0 aromatic heterocycles. The molecule has 176 valence electrons. The summed E-state index contributed by atoms with van der Waals surface area (Å²) in [5.74, 6) is -1.81. The van der Waals surface area contributed by atoms with Crippen LogP contribution >= 0.6 is 11.8 Å². The first-order valence-corrected chi connectivity index (χ1v) is 12.3. The van der Waals surface area contributed by atoms with E-state index in [2.05, 4.69) is 24.3 Å². The number of fused-ring (bicyclic) bond motifs is 3. The molecule has 0 unspecified atom stereocenters. The third kappa shape index (κ3) is 3.43. The number of aryl methyl sites for hydroxylation is 1. The highest BCUT2D eigenvalue weighted by molar-refractivity contribution is 8.13. The van der Waals surface area contributed by atoms with E-state index in [4.69, 9.17) is 9.73 Å². The number of likely N-dealkylation sites (tertiary alicyclic amines) is 1. The summed E-state index contributed by atoms with van der Waals surface area (Å²) in [4.78, 5) is 48.2. The van der Waals surface area contributed by atoms with Crippen LogP contribution in [-0.2, 0) is 31.4 Å². The van der Waals surface area contributed by atoms with Gasteiger partial charge in [-0.1, -0.05) is 71.9 Å². The summed E-state index contributed by atoms with van der Waals surface area (Å²) in [7, 11) is 1.32. The van der Waals surface area contributed by atoms with Crippen molar-refractivity contribution in [3.63, 3.8) is 0 Å². The van der Waals surface area contributed by atoms with Crippen LogP contribution in [0.5, 0.6) is 0 Å². The number of hydrogen-bond donors (Lipinski definition) is 0. The maximum Gasteiger partial charge on any atom is 0.332 e. The van der Waals surface area contributed by atoms with Crippen LogP contribution in [0.4, 0.5) is 0 Å². The minimum Gasteiger partial charge on any atom is -0.467 e. The molecule has 3 heterocycles. The van der Waals surface area contributed by atoms with Crippen molar-refractivity contribution in [1.82, 2.24) is 9.80 Å². The lowest BCUT2D eigenvalue weighted by atomic mass is 9.81. The van der Waals surface area contributed by atoms with Gasteiger partial charge in [0.25, 0.3) is 0 Å². The van der Waals surface area contributed by atoms with Gasteiger partial charge in [-0.25, -0.2) is 4.79 Å². The Hall–Kier alpha value is -3.13. The molecule has 2 aromatic carbocycles. The number of ether oxygens (including phenoxy) is 1. The van der Waals surface area contributed by atoms with Crippen LogP contribution in [0, 0.1) is 18.8 Å². The van der Waals surface area contributed by atoms with E-state index in [1.54, 1.807) is 6.92 Å². The first-order valence-electron chi connectivity index (χ1n) is 11.4. The molecule has 8 heteroatoms. The predicted octanol–water partition coefficient (Wildman–Crippen LogP) is 3.02. The summed E-state index contributed by atoms with van der Waals surface area (Å²) in [5.41, 5.74) is 1.91. The molecule has 0 aliphatic carbocycles. The molecule has 3 aliphatic rings. The van der Waals surface area contributed by atoms with Gasteiger partial charge in [-0.3, -0.25) is 19.5 Å². The van der Waals surface area contributed by atoms with Gasteiger partial charge in [0, 0.05) is 5.75 Å². The fraction of sp³-hybridized carbons (Fsp3) is 0.385. The first-order chi connectivity index (χ1) is 16.4. The number of esters is 1. The number of amidine groups is 1. The van der Waals surface area contributed by atoms with Crippen molar-refractivity contribution in [2.45, 2.75) is 37.7 Å².